The lowest BCUT2D eigenvalue weighted by atomic mass is 10.1. The molecule has 6 heteroatoms. The van der Waals surface area contributed by atoms with Crippen LogP contribution in [-0.4, -0.2) is 29.1 Å². The number of benzene rings is 3. The number of carbonyl (C=O) groups excluding carboxylic acids is 2. The van der Waals surface area contributed by atoms with Gasteiger partial charge in [0.25, 0.3) is 5.91 Å². The minimum absolute atomic E-state index is 0.0383. The molecule has 1 heterocycles. The molecule has 2 amide bonds. The predicted octanol–water partition coefficient (Wildman–Crippen LogP) is 4.79. The van der Waals surface area contributed by atoms with E-state index < -0.39 is 0 Å². The zero-order chi connectivity index (χ0) is 22.3. The van der Waals surface area contributed by atoms with Gasteiger partial charge in [-0.25, -0.2) is 0 Å². The second-order valence-corrected chi connectivity index (χ2v) is 8.62. The van der Waals surface area contributed by atoms with Crippen LogP contribution in [0.3, 0.4) is 0 Å². The second kappa shape index (κ2) is 10.4. The van der Waals surface area contributed by atoms with Crippen molar-refractivity contribution in [3.05, 3.63) is 101 Å². The first-order chi connectivity index (χ1) is 15.6. The molecule has 0 aromatic heterocycles. The van der Waals surface area contributed by atoms with Gasteiger partial charge in [-0.2, -0.15) is 0 Å². The summed E-state index contributed by atoms with van der Waals surface area (Å²) in [6, 6.07) is 25.3. The lowest BCUT2D eigenvalue weighted by molar-refractivity contribution is -0.128. The molecular formula is C26H26N2O3S. The number of rotatable bonds is 8. The van der Waals surface area contributed by atoms with Gasteiger partial charge in [0.05, 0.1) is 12.4 Å². The van der Waals surface area contributed by atoms with Gasteiger partial charge >= 0.3 is 0 Å². The zero-order valence-corrected chi connectivity index (χ0v) is 18.8. The molecule has 1 aliphatic rings. The topological polar surface area (TPSA) is 58.6 Å². The highest BCUT2D eigenvalue weighted by molar-refractivity contribution is 8.00. The monoisotopic (exact) mass is 446 g/mol. The van der Waals surface area contributed by atoms with E-state index in [9.17, 15) is 9.59 Å². The molecule has 0 saturated carbocycles. The molecule has 1 fully saturated rings. The summed E-state index contributed by atoms with van der Waals surface area (Å²) in [6.45, 7) is 3.61. The van der Waals surface area contributed by atoms with Gasteiger partial charge in [-0.15, -0.1) is 11.8 Å². The standard InChI is InChI=1S/C26H26N2O3S/c1-2-31-23-14-8-19(9-15-23)16-27-25(30)21-10-12-22(13-11-21)26-28(24(29)18-32-26)17-20-6-4-3-5-7-20/h3-15,26H,2,16-18H2,1H3,(H,27,30). The number of thioether (sulfide) groups is 1. The summed E-state index contributed by atoms with van der Waals surface area (Å²) in [5.74, 6) is 1.31. The van der Waals surface area contributed by atoms with Crippen molar-refractivity contribution < 1.29 is 14.3 Å². The van der Waals surface area contributed by atoms with E-state index in [4.69, 9.17) is 4.74 Å². The maximum absolute atomic E-state index is 12.6. The van der Waals surface area contributed by atoms with Gasteiger partial charge in [0.15, 0.2) is 0 Å². The smallest absolute Gasteiger partial charge is 0.251 e. The molecular weight excluding hydrogens is 420 g/mol. The van der Waals surface area contributed by atoms with E-state index in [0.717, 1.165) is 22.4 Å². The number of hydrogen-bond acceptors (Lipinski definition) is 4. The van der Waals surface area contributed by atoms with Gasteiger partial charge in [0, 0.05) is 18.7 Å². The Bertz CT molecular complexity index is 1050. The normalized spacial score (nSPS) is 15.6. The largest absolute Gasteiger partial charge is 0.494 e. The van der Waals surface area contributed by atoms with Crippen molar-refractivity contribution in [3.8, 4) is 5.75 Å². The van der Waals surface area contributed by atoms with Crippen LogP contribution in [0.4, 0.5) is 0 Å². The Morgan fingerprint density at radius 3 is 2.41 bits per heavy atom. The molecule has 1 atom stereocenters. The summed E-state index contributed by atoms with van der Waals surface area (Å²) in [5.41, 5.74) is 3.75. The third kappa shape index (κ3) is 5.32. The van der Waals surface area contributed by atoms with Gasteiger partial charge in [0.1, 0.15) is 11.1 Å². The molecule has 32 heavy (non-hydrogen) atoms. The summed E-state index contributed by atoms with van der Waals surface area (Å²) in [4.78, 5) is 26.9. The Morgan fingerprint density at radius 1 is 1.00 bits per heavy atom. The fourth-order valence-electron chi connectivity index (χ4n) is 3.63. The fourth-order valence-corrected chi connectivity index (χ4v) is 4.82. The maximum atomic E-state index is 12.6. The Kier molecular flexibility index (Phi) is 7.12. The predicted molar refractivity (Wildman–Crippen MR) is 127 cm³/mol. The Hall–Kier alpha value is -3.25. The molecule has 1 aliphatic heterocycles. The summed E-state index contributed by atoms with van der Waals surface area (Å²) >= 11 is 1.62. The highest BCUT2D eigenvalue weighted by Gasteiger charge is 2.32. The molecule has 4 rings (SSSR count). The van der Waals surface area contributed by atoms with Crippen LogP contribution in [0.25, 0.3) is 0 Å². The Balaban J connectivity index is 1.37. The number of nitrogens with one attached hydrogen (secondary N) is 1. The van der Waals surface area contributed by atoms with Gasteiger partial charge < -0.3 is 15.0 Å². The summed E-state index contributed by atoms with van der Waals surface area (Å²) in [5, 5.41) is 2.92. The van der Waals surface area contributed by atoms with Gasteiger partial charge in [0.2, 0.25) is 5.91 Å². The van der Waals surface area contributed by atoms with Crippen LogP contribution in [0.2, 0.25) is 0 Å². The summed E-state index contributed by atoms with van der Waals surface area (Å²) in [7, 11) is 0. The number of amides is 2. The minimum atomic E-state index is -0.123. The van der Waals surface area contributed by atoms with Crippen LogP contribution < -0.4 is 10.1 Å². The first-order valence-electron chi connectivity index (χ1n) is 10.7. The Morgan fingerprint density at radius 2 is 1.72 bits per heavy atom. The minimum Gasteiger partial charge on any atom is -0.494 e. The number of hydrogen-bond donors (Lipinski definition) is 1. The quantitative estimate of drug-likeness (QED) is 0.541. The zero-order valence-electron chi connectivity index (χ0n) is 18.0. The van der Waals surface area contributed by atoms with Crippen molar-refractivity contribution in [1.29, 1.82) is 0 Å². The van der Waals surface area contributed by atoms with E-state index in [-0.39, 0.29) is 17.2 Å². The van der Waals surface area contributed by atoms with Gasteiger partial charge in [-0.05, 0) is 47.9 Å². The Labute approximate surface area is 192 Å². The van der Waals surface area contributed by atoms with E-state index in [1.807, 2.05) is 90.7 Å². The average Bonchev–Trinajstić information content (AvgIpc) is 3.19. The lowest BCUT2D eigenvalue weighted by Gasteiger charge is -2.24. The highest BCUT2D eigenvalue weighted by atomic mass is 32.2. The van der Waals surface area contributed by atoms with Gasteiger partial charge in [-0.3, -0.25) is 9.59 Å². The van der Waals surface area contributed by atoms with Crippen molar-refractivity contribution in [3.63, 3.8) is 0 Å². The van der Waals surface area contributed by atoms with Crippen molar-refractivity contribution in [1.82, 2.24) is 10.2 Å². The highest BCUT2D eigenvalue weighted by Crippen LogP contribution is 2.39. The van der Waals surface area contributed by atoms with E-state index in [1.165, 1.54) is 0 Å². The van der Waals surface area contributed by atoms with Crippen molar-refractivity contribution >= 4 is 23.6 Å². The number of ether oxygens (including phenoxy) is 1. The number of nitrogens with zero attached hydrogens (tertiary/aromatic N) is 1. The van der Waals surface area contributed by atoms with E-state index >= 15 is 0 Å². The van der Waals surface area contributed by atoms with Gasteiger partial charge in [-0.1, -0.05) is 54.6 Å². The molecule has 5 nitrogen and oxygen atoms in total. The maximum Gasteiger partial charge on any atom is 0.251 e. The lowest BCUT2D eigenvalue weighted by Crippen LogP contribution is -2.27. The van der Waals surface area contributed by atoms with E-state index in [2.05, 4.69) is 5.32 Å². The SMILES string of the molecule is CCOc1ccc(CNC(=O)c2ccc(C3SCC(=O)N3Cc3ccccc3)cc2)cc1. The van der Waals surface area contributed by atoms with Crippen molar-refractivity contribution in [2.45, 2.75) is 25.4 Å². The third-order valence-corrected chi connectivity index (χ3v) is 6.57. The average molecular weight is 447 g/mol. The molecule has 3 aromatic carbocycles. The molecule has 1 N–H and O–H groups in total. The number of carbonyl (C=O) groups is 2. The van der Waals surface area contributed by atoms with Crippen LogP contribution in [0.15, 0.2) is 78.9 Å². The van der Waals surface area contributed by atoms with Crippen LogP contribution in [-0.2, 0) is 17.9 Å². The first kappa shape index (κ1) is 22.0. The second-order valence-electron chi connectivity index (χ2n) is 7.55. The van der Waals surface area contributed by atoms with Crippen molar-refractivity contribution in [2.75, 3.05) is 12.4 Å². The fraction of sp³-hybridized carbons (Fsp3) is 0.231. The molecule has 3 aromatic rings. The van der Waals surface area contributed by atoms with Crippen LogP contribution in [0.1, 0.15) is 39.3 Å². The first-order valence-corrected chi connectivity index (χ1v) is 11.7. The van der Waals surface area contributed by atoms with E-state index in [0.29, 0.717) is 31.0 Å². The summed E-state index contributed by atoms with van der Waals surface area (Å²) in [6.07, 6.45) is 0. The molecule has 1 saturated heterocycles. The third-order valence-electron chi connectivity index (χ3n) is 5.31. The van der Waals surface area contributed by atoms with E-state index in [1.54, 1.807) is 11.8 Å². The van der Waals surface area contributed by atoms with Crippen LogP contribution in [0, 0.1) is 0 Å². The molecule has 1 unspecified atom stereocenters. The molecule has 0 aliphatic carbocycles. The molecule has 0 spiro atoms. The van der Waals surface area contributed by atoms with Crippen LogP contribution in [0.5, 0.6) is 5.75 Å². The molecule has 164 valence electrons. The molecule has 0 radical (unpaired) electrons. The molecule has 0 bridgehead atoms. The van der Waals surface area contributed by atoms with Crippen LogP contribution >= 0.6 is 11.8 Å². The summed E-state index contributed by atoms with van der Waals surface area (Å²) < 4.78 is 5.44. The van der Waals surface area contributed by atoms with Crippen molar-refractivity contribution in [2.24, 2.45) is 0 Å².